The van der Waals surface area contributed by atoms with E-state index in [0.29, 0.717) is 74.1 Å². The number of H-pyrrole nitrogens is 4. The average Bonchev–Trinajstić information content (AvgIpc) is 1.56. The number of ether oxygens (including phenoxy) is 1. The molecule has 4 fully saturated rings. The zero-order chi connectivity index (χ0) is 92.3. The number of rotatable bonds is 17. The van der Waals surface area contributed by atoms with Gasteiger partial charge in [0.15, 0.2) is 45.8 Å². The summed E-state index contributed by atoms with van der Waals surface area (Å²) in [6.07, 6.45) is 7.33. The highest BCUT2D eigenvalue weighted by Crippen LogP contribution is 2.43. The van der Waals surface area contributed by atoms with Gasteiger partial charge in [0.2, 0.25) is 23.6 Å². The van der Waals surface area contributed by atoms with Crippen molar-refractivity contribution in [3.8, 4) is 96.9 Å². The van der Waals surface area contributed by atoms with Gasteiger partial charge in [-0.2, -0.15) is 0 Å². The Kier molecular flexibility index (Phi) is 23.9. The highest BCUT2D eigenvalue weighted by molar-refractivity contribution is 6.04. The molecule has 0 unspecified atom stereocenters. The summed E-state index contributed by atoms with van der Waals surface area (Å²) in [6, 6.07) is 50.7. The van der Waals surface area contributed by atoms with Crippen LogP contribution in [0.2, 0.25) is 0 Å². The summed E-state index contributed by atoms with van der Waals surface area (Å²) >= 11 is 0. The number of nitrogens with one attached hydrogen (secondary N) is 8. The fourth-order valence-electron chi connectivity index (χ4n) is 18.4. The minimum atomic E-state index is -0.682. The topological polar surface area (TPSA) is 410 Å². The first kappa shape index (κ1) is 88.4. The minimum Gasteiger partial charge on any atom is -0.495 e. The molecular weight excluding hydrogens is 1660 g/mol. The monoisotopic (exact) mass is 1760 g/mol. The Hall–Kier alpha value is -14.6. The molecule has 20 rings (SSSR count). The Morgan fingerprint density at radius 2 is 0.725 bits per heavy atom. The number of hydrogen-bond donors (Lipinski definition) is 12. The van der Waals surface area contributed by atoms with Crippen LogP contribution in [0.15, 0.2) is 200 Å². The van der Waals surface area contributed by atoms with E-state index in [1.807, 2.05) is 148 Å². The Bertz CT molecular complexity index is 6770. The molecule has 4 aliphatic rings. The van der Waals surface area contributed by atoms with E-state index < -0.39 is 23.6 Å². The van der Waals surface area contributed by atoms with Gasteiger partial charge in [0.05, 0.1) is 18.1 Å². The summed E-state index contributed by atoms with van der Waals surface area (Å²) in [5.74, 6) is 0.627. The number of aryl methyl sites for hydroxylation is 4. The van der Waals surface area contributed by atoms with Crippen LogP contribution < -0.4 is 68.5 Å². The molecular formula is C101H109FN20O9. The predicted molar refractivity (Wildman–Crippen MR) is 514 cm³/mol. The molecule has 8 aromatic heterocycles. The van der Waals surface area contributed by atoms with Crippen molar-refractivity contribution >= 4 is 90.0 Å². The molecule has 8 aromatic carbocycles. The predicted octanol–water partition coefficient (Wildman–Crippen LogP) is 16.5. The second-order valence-corrected chi connectivity index (χ2v) is 36.6. The van der Waals surface area contributed by atoms with Crippen molar-refractivity contribution in [2.24, 2.45) is 22.9 Å². The number of benzene rings is 8. The van der Waals surface area contributed by atoms with Gasteiger partial charge in [-0.15, -0.1) is 0 Å². The smallest absolute Gasteiger partial charge is 0.271 e. The van der Waals surface area contributed by atoms with E-state index >= 15 is 0 Å². The van der Waals surface area contributed by atoms with Gasteiger partial charge in [-0.1, -0.05) is 12.1 Å². The van der Waals surface area contributed by atoms with Crippen LogP contribution in [-0.4, -0.2) is 171 Å². The van der Waals surface area contributed by atoms with E-state index in [1.165, 1.54) is 6.07 Å². The Morgan fingerprint density at radius 3 is 1.11 bits per heavy atom. The van der Waals surface area contributed by atoms with Crippen LogP contribution in [0, 0.1) is 33.5 Å². The first-order chi connectivity index (χ1) is 62.6. The molecule has 16 N–H and O–H groups in total. The fraction of sp³-hybridized carbons (Fsp3) is 0.287. The summed E-state index contributed by atoms with van der Waals surface area (Å²) in [5.41, 5.74) is 41.0. The van der Waals surface area contributed by atoms with Crippen LogP contribution in [-0.2, 0) is 0 Å². The van der Waals surface area contributed by atoms with Crippen molar-refractivity contribution < 1.29 is 46.0 Å². The second kappa shape index (κ2) is 35.5. The molecule has 30 heteroatoms. The lowest BCUT2D eigenvalue weighted by Crippen LogP contribution is -2.57. The Morgan fingerprint density at radius 1 is 0.382 bits per heavy atom. The molecule has 0 bridgehead atoms. The number of hydrogen-bond acceptors (Lipinski definition) is 21. The van der Waals surface area contributed by atoms with Gasteiger partial charge in [0.1, 0.15) is 11.6 Å². The Labute approximate surface area is 756 Å². The van der Waals surface area contributed by atoms with E-state index in [1.54, 1.807) is 26.3 Å². The first-order valence-electron chi connectivity index (χ1n) is 43.9. The van der Waals surface area contributed by atoms with Gasteiger partial charge in [0, 0.05) is 225 Å². The number of methoxy groups -OCH3 is 1. The number of primary amides is 4. The third-order valence-corrected chi connectivity index (χ3v) is 24.6. The molecule has 12 heterocycles. The van der Waals surface area contributed by atoms with Crippen molar-refractivity contribution in [3.63, 3.8) is 0 Å². The van der Waals surface area contributed by atoms with Crippen molar-refractivity contribution in [1.82, 2.24) is 61.1 Å². The minimum absolute atomic E-state index is 0.0342. The van der Waals surface area contributed by atoms with Gasteiger partial charge >= 0.3 is 0 Å². The summed E-state index contributed by atoms with van der Waals surface area (Å²) in [4.78, 5) is 88.7. The molecule has 4 amide bonds. The zero-order valence-corrected chi connectivity index (χ0v) is 75.7. The highest BCUT2D eigenvalue weighted by atomic mass is 19.1. The average molecular weight is 1770 g/mol. The van der Waals surface area contributed by atoms with Crippen LogP contribution >= 0.6 is 0 Å². The maximum absolute atomic E-state index is 14.3. The number of carbonyl (C=O) groups is 4. The molecule has 0 aliphatic carbocycles. The number of aromatic amines is 4. The quantitative estimate of drug-likeness (QED) is 0.0403. The molecule has 0 radical (unpaired) electrons. The molecule has 29 nitrogen and oxygen atoms in total. The molecule has 0 spiro atoms. The molecule has 674 valence electrons. The van der Waals surface area contributed by atoms with Crippen LogP contribution in [0.3, 0.4) is 0 Å². The number of nitrogens with two attached hydrogens (primary N) is 4. The number of fused-ring (bicyclic) bond motifs is 4. The number of amides is 4. The van der Waals surface area contributed by atoms with Gasteiger partial charge in [-0.3, -0.25) is 19.2 Å². The molecule has 4 aliphatic heterocycles. The van der Waals surface area contributed by atoms with Crippen LogP contribution in [0.5, 0.6) is 5.75 Å². The lowest BCUT2D eigenvalue weighted by atomic mass is 10.0. The SMILES string of the molecule is COc1ccc(-c2nc(C(N)=O)c(-c3ccc(N4CCNC(C)(C)C4)cc3)o2)c2cc[nH]c12.Cc1c[nH]c2cccc(-c3nc(C(N)=O)c(-c4ccc(N5CCNC(C)(C)C5)cc4)o3)c12.Cc1cc(C)c2[nH]ccc2c1-c1nc(C(N)=O)c(-c2ccc(N3CCNC(C)(C)C3)cc2)o1.Cc1cc(F)c2[nH]ccc2c1-c1nc(C(N)=O)c(-c2ccc(N3CCNC(C)(C)C3)cc2)o1. The van der Waals surface area contributed by atoms with Gasteiger partial charge in [0.25, 0.3) is 23.6 Å². The van der Waals surface area contributed by atoms with Crippen LogP contribution in [0.25, 0.3) is 135 Å². The van der Waals surface area contributed by atoms with E-state index in [0.717, 1.165) is 184 Å². The lowest BCUT2D eigenvalue weighted by Gasteiger charge is -2.40. The first-order valence-corrected chi connectivity index (χ1v) is 43.9. The van der Waals surface area contributed by atoms with Gasteiger partial charge < -0.3 is 106 Å². The maximum Gasteiger partial charge on any atom is 0.271 e. The number of carbonyl (C=O) groups excluding carboxylic acids is 4. The number of nitrogens with zero attached hydrogens (tertiary/aromatic N) is 8. The fourth-order valence-corrected chi connectivity index (χ4v) is 18.4. The maximum atomic E-state index is 14.3. The Balaban J connectivity index is 0.000000122. The number of halogens is 1. The molecule has 4 saturated heterocycles. The number of oxazole rings is 4. The third-order valence-electron chi connectivity index (χ3n) is 24.6. The number of piperazine rings is 4. The van der Waals surface area contributed by atoms with E-state index in [2.05, 4.69) is 173 Å². The standard InChI is InChI=1S/C26H29N5O2.C25H26FN5O2.C25H27N5O3.C25H27N5O2/c1-15-13-16(2)21-19(9-10-28-21)20(15)25-30-22(24(27)32)23(33-25)17-5-7-18(8-6-17)31-12-11-29-26(3,4)14-31;1-14-12-18(26)20-17(8-9-28-20)19(14)24-30-21(23(27)32)22(33-24)15-4-6-16(7-5-15)31-11-10-29-25(2,3)13-31;1-25(2)14-30(13-12-28-25)16-6-4-15(5-7-16)22-21(23(26)31)29-24(33-22)18-8-9-19(32-3)20-17(18)10-11-27-20;1-15-13-27-19-6-4-5-18(20(15)19)24-29-21(23(26)31)22(32-24)16-7-9-17(10-8-16)30-12-11-28-25(2,3)14-30/h5-10,13,28-29H,11-12,14H2,1-4H3,(H2,27,32);4-9,12,28-29H,10-11,13H2,1-3H3,(H2,27,32);4-11,27-28H,12-14H2,1-3H3,(H2,26,31);4-10,13,27-28H,11-12,14H2,1-3H3,(H2,26,31). The van der Waals surface area contributed by atoms with Crippen LogP contribution in [0.4, 0.5) is 27.1 Å². The molecule has 0 saturated carbocycles. The second-order valence-electron chi connectivity index (χ2n) is 36.6. The third kappa shape index (κ3) is 18.2. The molecule has 0 atom stereocenters. The number of aromatic nitrogens is 8. The van der Waals surface area contributed by atoms with Crippen molar-refractivity contribution in [1.29, 1.82) is 0 Å². The van der Waals surface area contributed by atoms with E-state index in [4.69, 9.17) is 45.3 Å². The summed E-state index contributed by atoms with van der Waals surface area (Å²) < 4.78 is 44.3. The van der Waals surface area contributed by atoms with Gasteiger partial charge in [-0.05, 0) is 251 Å². The normalized spacial score (nSPS) is 15.8. The summed E-state index contributed by atoms with van der Waals surface area (Å²) in [5, 5.41) is 17.6. The highest BCUT2D eigenvalue weighted by Gasteiger charge is 2.34. The van der Waals surface area contributed by atoms with E-state index in [9.17, 15) is 23.6 Å². The summed E-state index contributed by atoms with van der Waals surface area (Å²) in [6.45, 7) is 36.6. The van der Waals surface area contributed by atoms with Gasteiger partial charge in [-0.25, -0.2) is 24.3 Å². The van der Waals surface area contributed by atoms with Crippen molar-refractivity contribution in [2.45, 2.75) is 105 Å². The molecule has 131 heavy (non-hydrogen) atoms. The van der Waals surface area contributed by atoms with Crippen LogP contribution in [0.1, 0.15) is 120 Å². The molecule has 16 aromatic rings. The summed E-state index contributed by atoms with van der Waals surface area (Å²) in [7, 11) is 1.62. The van der Waals surface area contributed by atoms with E-state index in [-0.39, 0.29) is 56.6 Å². The largest absolute Gasteiger partial charge is 0.495 e. The number of anilines is 4. The van der Waals surface area contributed by atoms with Crippen molar-refractivity contribution in [2.75, 3.05) is 105 Å². The zero-order valence-electron chi connectivity index (χ0n) is 75.7. The lowest BCUT2D eigenvalue weighted by molar-refractivity contribution is 0.0988. The van der Waals surface area contributed by atoms with Crippen molar-refractivity contribution in [3.05, 3.63) is 233 Å².